The lowest BCUT2D eigenvalue weighted by molar-refractivity contribution is -0.136. The molecule has 0 aliphatic rings. The first-order chi connectivity index (χ1) is 9.54. The number of carboxylic acids is 1. The summed E-state index contributed by atoms with van der Waals surface area (Å²) >= 11 is 1.58. The van der Waals surface area contributed by atoms with E-state index in [1.165, 1.54) is 0 Å². The highest BCUT2D eigenvalue weighted by Gasteiger charge is 2.09. The van der Waals surface area contributed by atoms with Gasteiger partial charge in [0.15, 0.2) is 5.82 Å². The summed E-state index contributed by atoms with van der Waals surface area (Å²) in [5, 5.41) is 12.6. The van der Waals surface area contributed by atoms with Gasteiger partial charge in [-0.2, -0.15) is 4.98 Å². The lowest BCUT2D eigenvalue weighted by atomic mass is 10.2. The molecule has 0 bridgehead atoms. The Morgan fingerprint density at radius 1 is 1.35 bits per heavy atom. The van der Waals surface area contributed by atoms with Gasteiger partial charge in [-0.15, -0.1) is 11.8 Å². The second-order valence-corrected chi connectivity index (χ2v) is 5.75. The highest BCUT2D eigenvalue weighted by atomic mass is 32.2. The molecule has 0 saturated heterocycles. The minimum atomic E-state index is -0.822. The number of carboxylic acid groups (broad SMARTS) is 1. The zero-order valence-electron chi connectivity index (χ0n) is 11.4. The molecule has 0 saturated carbocycles. The van der Waals surface area contributed by atoms with Crippen LogP contribution in [0.2, 0.25) is 0 Å². The first-order valence-corrected chi connectivity index (χ1v) is 7.29. The molecule has 2 aromatic rings. The lowest BCUT2D eigenvalue weighted by Gasteiger charge is -2.00. The molecule has 6 heteroatoms. The molecule has 1 aromatic heterocycles. The normalized spacial score (nSPS) is 10.9. The number of carbonyl (C=O) groups is 1. The van der Waals surface area contributed by atoms with E-state index in [1.54, 1.807) is 11.8 Å². The summed E-state index contributed by atoms with van der Waals surface area (Å²) in [6, 6.07) is 7.46. The van der Waals surface area contributed by atoms with Gasteiger partial charge in [0.1, 0.15) is 0 Å². The first kappa shape index (κ1) is 14.6. The Kier molecular flexibility index (Phi) is 4.79. The molecule has 0 atom stereocenters. The SMILES string of the molecule is CC(C)c1noc(CSc2ccc(CC(=O)O)cc2)n1. The van der Waals surface area contributed by atoms with Crippen LogP contribution in [0.3, 0.4) is 0 Å². The standard InChI is InChI=1S/C14H16N2O3S/c1-9(2)14-15-12(19-16-14)8-20-11-5-3-10(4-6-11)7-13(17)18/h3-6,9H,7-8H2,1-2H3,(H,17,18). The number of hydrogen-bond donors (Lipinski definition) is 1. The molecular formula is C14H16N2O3S. The number of rotatable bonds is 6. The second kappa shape index (κ2) is 6.56. The molecule has 0 unspecified atom stereocenters. The van der Waals surface area contributed by atoms with Gasteiger partial charge in [0.2, 0.25) is 5.89 Å². The Morgan fingerprint density at radius 2 is 2.05 bits per heavy atom. The van der Waals surface area contributed by atoms with E-state index in [2.05, 4.69) is 10.1 Å². The predicted molar refractivity (Wildman–Crippen MR) is 75.7 cm³/mol. The fourth-order valence-electron chi connectivity index (χ4n) is 1.58. The molecule has 2 rings (SSSR count). The largest absolute Gasteiger partial charge is 0.481 e. The number of thioether (sulfide) groups is 1. The molecule has 5 nitrogen and oxygen atoms in total. The molecule has 1 heterocycles. The van der Waals surface area contributed by atoms with Gasteiger partial charge in [-0.25, -0.2) is 0 Å². The van der Waals surface area contributed by atoms with Gasteiger partial charge in [-0.1, -0.05) is 31.1 Å². The maximum atomic E-state index is 10.6. The Balaban J connectivity index is 1.91. The van der Waals surface area contributed by atoms with Crippen molar-refractivity contribution in [3.05, 3.63) is 41.5 Å². The Bertz CT molecular complexity index is 578. The van der Waals surface area contributed by atoms with Crippen molar-refractivity contribution in [3.63, 3.8) is 0 Å². The quantitative estimate of drug-likeness (QED) is 0.824. The van der Waals surface area contributed by atoms with Gasteiger partial charge in [-0.05, 0) is 17.7 Å². The van der Waals surface area contributed by atoms with Crippen LogP contribution >= 0.6 is 11.8 Å². The van der Waals surface area contributed by atoms with E-state index in [-0.39, 0.29) is 12.3 Å². The van der Waals surface area contributed by atoms with Crippen molar-refractivity contribution in [2.75, 3.05) is 0 Å². The molecule has 0 spiro atoms. The van der Waals surface area contributed by atoms with E-state index in [0.29, 0.717) is 11.6 Å². The Morgan fingerprint density at radius 3 is 2.60 bits per heavy atom. The molecule has 0 amide bonds. The molecule has 0 fully saturated rings. The third-order valence-electron chi connectivity index (χ3n) is 2.64. The number of nitrogens with zero attached hydrogens (tertiary/aromatic N) is 2. The highest BCUT2D eigenvalue weighted by molar-refractivity contribution is 7.98. The number of aromatic nitrogens is 2. The fraction of sp³-hybridized carbons (Fsp3) is 0.357. The molecule has 0 aliphatic carbocycles. The number of benzene rings is 1. The predicted octanol–water partition coefficient (Wildman–Crippen LogP) is 3.11. The van der Waals surface area contributed by atoms with Gasteiger partial charge in [0.05, 0.1) is 12.2 Å². The monoisotopic (exact) mass is 292 g/mol. The molecule has 20 heavy (non-hydrogen) atoms. The van der Waals surface area contributed by atoms with Gasteiger partial charge in [0, 0.05) is 10.8 Å². The van der Waals surface area contributed by atoms with E-state index >= 15 is 0 Å². The third kappa shape index (κ3) is 4.09. The smallest absolute Gasteiger partial charge is 0.307 e. The van der Waals surface area contributed by atoms with E-state index in [9.17, 15) is 4.79 Å². The summed E-state index contributed by atoms with van der Waals surface area (Å²) in [5.74, 6) is 1.37. The van der Waals surface area contributed by atoms with E-state index < -0.39 is 5.97 Å². The number of hydrogen-bond acceptors (Lipinski definition) is 5. The molecule has 1 aromatic carbocycles. The van der Waals surface area contributed by atoms with Crippen LogP contribution in [0.1, 0.15) is 37.0 Å². The maximum absolute atomic E-state index is 10.6. The fourth-order valence-corrected chi connectivity index (χ4v) is 2.32. The summed E-state index contributed by atoms with van der Waals surface area (Å²) in [6.07, 6.45) is 0.0480. The van der Waals surface area contributed by atoms with Gasteiger partial charge >= 0.3 is 5.97 Å². The summed E-state index contributed by atoms with van der Waals surface area (Å²) < 4.78 is 5.16. The van der Waals surface area contributed by atoms with Crippen molar-refractivity contribution < 1.29 is 14.4 Å². The van der Waals surface area contributed by atoms with Crippen molar-refractivity contribution in [1.82, 2.24) is 10.1 Å². The van der Waals surface area contributed by atoms with Gasteiger partial charge < -0.3 is 9.63 Å². The topological polar surface area (TPSA) is 76.2 Å². The summed E-state index contributed by atoms with van der Waals surface area (Å²) in [4.78, 5) is 15.9. The zero-order valence-corrected chi connectivity index (χ0v) is 12.2. The van der Waals surface area contributed by atoms with Crippen molar-refractivity contribution in [2.45, 2.75) is 36.8 Å². The number of aliphatic carboxylic acids is 1. The molecular weight excluding hydrogens is 276 g/mol. The van der Waals surface area contributed by atoms with Crippen molar-refractivity contribution in [1.29, 1.82) is 0 Å². The van der Waals surface area contributed by atoms with E-state index in [0.717, 1.165) is 16.3 Å². The van der Waals surface area contributed by atoms with Gasteiger partial charge in [-0.3, -0.25) is 4.79 Å². The molecule has 0 radical (unpaired) electrons. The Labute approximate surface area is 121 Å². The van der Waals surface area contributed by atoms with E-state index in [4.69, 9.17) is 9.63 Å². The minimum absolute atomic E-state index is 0.0480. The summed E-state index contributed by atoms with van der Waals surface area (Å²) in [6.45, 7) is 4.03. The summed E-state index contributed by atoms with van der Waals surface area (Å²) in [5.41, 5.74) is 0.793. The van der Waals surface area contributed by atoms with Gasteiger partial charge in [0.25, 0.3) is 0 Å². The molecule has 0 aliphatic heterocycles. The minimum Gasteiger partial charge on any atom is -0.481 e. The molecule has 1 N–H and O–H groups in total. The third-order valence-corrected chi connectivity index (χ3v) is 3.64. The van der Waals surface area contributed by atoms with Crippen LogP contribution in [0.4, 0.5) is 0 Å². The maximum Gasteiger partial charge on any atom is 0.307 e. The Hall–Kier alpha value is -1.82. The highest BCUT2D eigenvalue weighted by Crippen LogP contribution is 2.23. The van der Waals surface area contributed by atoms with Crippen LogP contribution in [0.15, 0.2) is 33.7 Å². The average Bonchev–Trinajstić information content (AvgIpc) is 2.86. The van der Waals surface area contributed by atoms with Crippen LogP contribution in [0.25, 0.3) is 0 Å². The van der Waals surface area contributed by atoms with Crippen molar-refractivity contribution in [3.8, 4) is 0 Å². The average molecular weight is 292 g/mol. The van der Waals surface area contributed by atoms with Crippen LogP contribution in [-0.2, 0) is 17.0 Å². The lowest BCUT2D eigenvalue weighted by Crippen LogP contribution is -1.99. The van der Waals surface area contributed by atoms with Crippen molar-refractivity contribution >= 4 is 17.7 Å². The first-order valence-electron chi connectivity index (χ1n) is 6.30. The van der Waals surface area contributed by atoms with Crippen molar-refractivity contribution in [2.24, 2.45) is 0 Å². The summed E-state index contributed by atoms with van der Waals surface area (Å²) in [7, 11) is 0. The van der Waals surface area contributed by atoms with Crippen LogP contribution < -0.4 is 0 Å². The van der Waals surface area contributed by atoms with Crippen LogP contribution in [0, 0.1) is 0 Å². The molecule has 106 valence electrons. The second-order valence-electron chi connectivity index (χ2n) is 4.70. The zero-order chi connectivity index (χ0) is 14.5. The van der Waals surface area contributed by atoms with E-state index in [1.807, 2.05) is 38.1 Å². The van der Waals surface area contributed by atoms with Crippen LogP contribution in [-0.4, -0.2) is 21.2 Å². The van der Waals surface area contributed by atoms with Crippen LogP contribution in [0.5, 0.6) is 0 Å².